The van der Waals surface area contributed by atoms with Gasteiger partial charge < -0.3 is 4.74 Å². The molecule has 1 heterocycles. The Bertz CT molecular complexity index is 347. The fraction of sp³-hybridized carbons (Fsp3) is 0.571. The summed E-state index contributed by atoms with van der Waals surface area (Å²) in [5, 5.41) is 5.33. The van der Waals surface area contributed by atoms with Crippen LogP contribution in [0.1, 0.15) is 23.4 Å². The van der Waals surface area contributed by atoms with Crippen molar-refractivity contribution in [3.8, 4) is 0 Å². The summed E-state index contributed by atoms with van der Waals surface area (Å²) in [5.74, 6) is -1.65. The SMILES string of the molecule is CCOC(=O)c1n[nH]c(CC(F)(F)F)n1. The first-order valence-corrected chi connectivity index (χ1v) is 4.07. The number of ether oxygens (including phenoxy) is 1. The predicted molar refractivity (Wildman–Crippen MR) is 42.1 cm³/mol. The second-order valence-electron chi connectivity index (χ2n) is 2.62. The lowest BCUT2D eigenvalue weighted by molar-refractivity contribution is -0.128. The maximum Gasteiger partial charge on any atom is 0.396 e. The molecule has 0 atom stereocenters. The van der Waals surface area contributed by atoms with Gasteiger partial charge in [-0.3, -0.25) is 5.10 Å². The van der Waals surface area contributed by atoms with Crippen molar-refractivity contribution in [3.05, 3.63) is 11.6 Å². The van der Waals surface area contributed by atoms with Gasteiger partial charge in [0.05, 0.1) is 6.61 Å². The summed E-state index contributed by atoms with van der Waals surface area (Å²) in [6, 6.07) is 0. The number of halogens is 3. The third-order valence-electron chi connectivity index (χ3n) is 1.36. The Morgan fingerprint density at radius 3 is 2.73 bits per heavy atom. The third kappa shape index (κ3) is 3.56. The fourth-order valence-corrected chi connectivity index (χ4v) is 0.851. The maximum atomic E-state index is 11.9. The maximum absolute atomic E-state index is 11.9. The van der Waals surface area contributed by atoms with E-state index in [0.717, 1.165) is 0 Å². The van der Waals surface area contributed by atoms with E-state index in [9.17, 15) is 18.0 Å². The molecule has 0 spiro atoms. The van der Waals surface area contributed by atoms with Crippen LogP contribution in [0, 0.1) is 0 Å². The molecule has 5 nitrogen and oxygen atoms in total. The minimum absolute atomic E-state index is 0.113. The van der Waals surface area contributed by atoms with Crippen molar-refractivity contribution in [1.29, 1.82) is 0 Å². The molecule has 84 valence electrons. The molecule has 0 aromatic carbocycles. The van der Waals surface area contributed by atoms with Gasteiger partial charge in [0.25, 0.3) is 5.82 Å². The van der Waals surface area contributed by atoms with Crippen LogP contribution in [-0.4, -0.2) is 33.9 Å². The number of aromatic nitrogens is 3. The normalized spacial score (nSPS) is 11.5. The monoisotopic (exact) mass is 223 g/mol. The number of alkyl halides is 3. The minimum Gasteiger partial charge on any atom is -0.460 e. The molecule has 1 rings (SSSR count). The van der Waals surface area contributed by atoms with Crippen molar-refractivity contribution in [2.45, 2.75) is 19.5 Å². The summed E-state index contributed by atoms with van der Waals surface area (Å²) in [6.45, 7) is 1.68. The highest BCUT2D eigenvalue weighted by atomic mass is 19.4. The van der Waals surface area contributed by atoms with E-state index in [1.54, 1.807) is 6.92 Å². The van der Waals surface area contributed by atoms with Crippen LogP contribution in [0.3, 0.4) is 0 Å². The zero-order valence-corrected chi connectivity index (χ0v) is 7.76. The van der Waals surface area contributed by atoms with E-state index in [1.165, 1.54) is 0 Å². The number of hydrogen-bond donors (Lipinski definition) is 1. The van der Waals surface area contributed by atoms with E-state index < -0.39 is 30.2 Å². The summed E-state index contributed by atoms with van der Waals surface area (Å²) in [7, 11) is 0. The Balaban J connectivity index is 2.68. The first-order valence-electron chi connectivity index (χ1n) is 4.07. The number of carbonyl (C=O) groups excluding carboxylic acids is 1. The molecule has 0 aliphatic heterocycles. The first kappa shape index (κ1) is 11.5. The summed E-state index contributed by atoms with van der Waals surface area (Å²) >= 11 is 0. The minimum atomic E-state index is -4.38. The smallest absolute Gasteiger partial charge is 0.396 e. The zero-order valence-electron chi connectivity index (χ0n) is 7.76. The largest absolute Gasteiger partial charge is 0.460 e. The van der Waals surface area contributed by atoms with E-state index in [1.807, 2.05) is 5.10 Å². The fourth-order valence-electron chi connectivity index (χ4n) is 0.851. The molecule has 0 amide bonds. The van der Waals surface area contributed by atoms with Gasteiger partial charge in [-0.15, -0.1) is 5.10 Å². The predicted octanol–water partition coefficient (Wildman–Crippen LogP) is 1.09. The Morgan fingerprint density at radius 2 is 2.20 bits per heavy atom. The Hall–Kier alpha value is -1.60. The number of carbonyl (C=O) groups is 1. The molecule has 0 bridgehead atoms. The molecule has 1 aromatic rings. The van der Waals surface area contributed by atoms with Crippen molar-refractivity contribution in [2.75, 3.05) is 6.61 Å². The number of rotatable bonds is 3. The summed E-state index contributed by atoms with van der Waals surface area (Å²) in [6.07, 6.45) is -5.63. The standard InChI is InChI=1S/C7H8F3N3O2/c1-2-15-6(14)5-11-4(12-13-5)3-7(8,9)10/h2-3H2,1H3,(H,11,12,13). The average molecular weight is 223 g/mol. The van der Waals surface area contributed by atoms with Crippen molar-refractivity contribution in [3.63, 3.8) is 0 Å². The molecule has 1 N–H and O–H groups in total. The van der Waals surface area contributed by atoms with Gasteiger partial charge in [-0.2, -0.15) is 13.2 Å². The molecule has 15 heavy (non-hydrogen) atoms. The molecule has 0 unspecified atom stereocenters. The lowest BCUT2D eigenvalue weighted by Crippen LogP contribution is -2.13. The molecule has 8 heteroatoms. The van der Waals surface area contributed by atoms with Gasteiger partial charge in [-0.25, -0.2) is 9.78 Å². The van der Waals surface area contributed by atoms with Crippen LogP contribution >= 0.6 is 0 Å². The highest BCUT2D eigenvalue weighted by molar-refractivity contribution is 5.84. The molecule has 0 saturated heterocycles. The van der Waals surface area contributed by atoms with Gasteiger partial charge in [-0.1, -0.05) is 0 Å². The van der Waals surface area contributed by atoms with Crippen LogP contribution in [0.15, 0.2) is 0 Å². The number of nitrogens with zero attached hydrogens (tertiary/aromatic N) is 2. The van der Waals surface area contributed by atoms with Crippen molar-refractivity contribution in [1.82, 2.24) is 15.2 Å². The molecular formula is C7H8F3N3O2. The quantitative estimate of drug-likeness (QED) is 0.778. The molecular weight excluding hydrogens is 215 g/mol. The Labute approximate surface area is 82.6 Å². The summed E-state index contributed by atoms with van der Waals surface area (Å²) in [5.41, 5.74) is 0. The summed E-state index contributed by atoms with van der Waals surface area (Å²) < 4.78 is 40.2. The molecule has 1 aromatic heterocycles. The average Bonchev–Trinajstić information content (AvgIpc) is 2.50. The van der Waals surface area contributed by atoms with Gasteiger partial charge in [0.15, 0.2) is 0 Å². The second-order valence-corrected chi connectivity index (χ2v) is 2.62. The van der Waals surface area contributed by atoms with Gasteiger partial charge in [0, 0.05) is 0 Å². The molecule has 0 saturated carbocycles. The van der Waals surface area contributed by atoms with Crippen LogP contribution in [0.2, 0.25) is 0 Å². The van der Waals surface area contributed by atoms with E-state index in [4.69, 9.17) is 0 Å². The molecule has 0 aliphatic rings. The van der Waals surface area contributed by atoms with Crippen LogP contribution in [-0.2, 0) is 11.2 Å². The number of esters is 1. The number of hydrogen-bond acceptors (Lipinski definition) is 4. The van der Waals surface area contributed by atoms with Crippen LogP contribution < -0.4 is 0 Å². The van der Waals surface area contributed by atoms with E-state index in [2.05, 4.69) is 14.8 Å². The second kappa shape index (κ2) is 4.28. The number of aromatic amines is 1. The highest BCUT2D eigenvalue weighted by Gasteiger charge is 2.30. The topological polar surface area (TPSA) is 67.9 Å². The van der Waals surface area contributed by atoms with Crippen LogP contribution in [0.4, 0.5) is 13.2 Å². The van der Waals surface area contributed by atoms with E-state index in [0.29, 0.717) is 0 Å². The van der Waals surface area contributed by atoms with E-state index in [-0.39, 0.29) is 6.61 Å². The lowest BCUT2D eigenvalue weighted by Gasteiger charge is -2.01. The molecule has 0 aliphatic carbocycles. The number of nitrogens with one attached hydrogen (secondary N) is 1. The van der Waals surface area contributed by atoms with Crippen molar-refractivity contribution < 1.29 is 22.7 Å². The lowest BCUT2D eigenvalue weighted by atomic mass is 10.4. The molecule has 0 fully saturated rings. The molecule has 0 radical (unpaired) electrons. The summed E-state index contributed by atoms with van der Waals surface area (Å²) in [4.78, 5) is 14.3. The Morgan fingerprint density at radius 1 is 1.53 bits per heavy atom. The van der Waals surface area contributed by atoms with Crippen molar-refractivity contribution >= 4 is 5.97 Å². The number of H-pyrrole nitrogens is 1. The van der Waals surface area contributed by atoms with Gasteiger partial charge in [0.1, 0.15) is 12.2 Å². The third-order valence-corrected chi connectivity index (χ3v) is 1.36. The van der Waals surface area contributed by atoms with Crippen LogP contribution in [0.5, 0.6) is 0 Å². The zero-order chi connectivity index (χ0) is 11.5. The van der Waals surface area contributed by atoms with Gasteiger partial charge in [-0.05, 0) is 6.92 Å². The highest BCUT2D eigenvalue weighted by Crippen LogP contribution is 2.18. The van der Waals surface area contributed by atoms with Gasteiger partial charge in [0.2, 0.25) is 0 Å². The van der Waals surface area contributed by atoms with Gasteiger partial charge >= 0.3 is 12.1 Å². The van der Waals surface area contributed by atoms with Crippen molar-refractivity contribution in [2.24, 2.45) is 0 Å². The van der Waals surface area contributed by atoms with Crippen LogP contribution in [0.25, 0.3) is 0 Å². The first-order chi connectivity index (χ1) is 6.92. The van der Waals surface area contributed by atoms with E-state index >= 15 is 0 Å². The Kier molecular flexibility index (Phi) is 3.28.